The molecule has 5 heteroatoms. The van der Waals surface area contributed by atoms with Crippen LogP contribution in [-0.2, 0) is 14.3 Å². The number of ether oxygens (including phenoxy) is 1. The first-order chi connectivity index (χ1) is 9.94. The lowest BCUT2D eigenvalue weighted by Gasteiger charge is -2.28. The fourth-order valence-electron chi connectivity index (χ4n) is 2.16. The summed E-state index contributed by atoms with van der Waals surface area (Å²) in [6, 6.07) is 0. The normalized spacial score (nSPS) is 11.0. The van der Waals surface area contributed by atoms with E-state index in [4.69, 9.17) is 4.74 Å². The molecule has 0 heterocycles. The van der Waals surface area contributed by atoms with Crippen LogP contribution in [0.4, 0.5) is 0 Å². The molecule has 5 nitrogen and oxygen atoms in total. The van der Waals surface area contributed by atoms with E-state index in [1.165, 1.54) is 0 Å². The van der Waals surface area contributed by atoms with Gasteiger partial charge in [-0.2, -0.15) is 0 Å². The summed E-state index contributed by atoms with van der Waals surface area (Å²) in [6.07, 6.45) is 0.413. The predicted octanol–water partition coefficient (Wildman–Crippen LogP) is 2.16. The molecule has 0 radical (unpaired) electrons. The zero-order valence-corrected chi connectivity index (χ0v) is 14.4. The van der Waals surface area contributed by atoms with Gasteiger partial charge in [0.2, 0.25) is 5.91 Å². The summed E-state index contributed by atoms with van der Waals surface area (Å²) in [7, 11) is 0. The Hall–Kier alpha value is -1.10. The van der Waals surface area contributed by atoms with Crippen molar-refractivity contribution in [2.75, 3.05) is 39.3 Å². The highest BCUT2D eigenvalue weighted by Crippen LogP contribution is 2.05. The van der Waals surface area contributed by atoms with Crippen molar-refractivity contribution in [3.63, 3.8) is 0 Å². The molecule has 124 valence electrons. The summed E-state index contributed by atoms with van der Waals surface area (Å²) in [5, 5.41) is 0. The molecular weight excluding hydrogens is 268 g/mol. The molecule has 0 saturated heterocycles. The molecule has 0 atom stereocenters. The molecule has 21 heavy (non-hydrogen) atoms. The third-order valence-corrected chi connectivity index (χ3v) is 3.37. The van der Waals surface area contributed by atoms with Crippen molar-refractivity contribution in [1.82, 2.24) is 9.80 Å². The number of amides is 1. The third-order valence-electron chi connectivity index (χ3n) is 3.37. The second-order valence-corrected chi connectivity index (χ2v) is 5.57. The summed E-state index contributed by atoms with van der Waals surface area (Å²) >= 11 is 0. The Labute approximate surface area is 129 Å². The predicted molar refractivity (Wildman–Crippen MR) is 85.1 cm³/mol. The van der Waals surface area contributed by atoms with E-state index in [-0.39, 0.29) is 24.7 Å². The summed E-state index contributed by atoms with van der Waals surface area (Å²) in [4.78, 5) is 27.8. The quantitative estimate of drug-likeness (QED) is 0.549. The lowest BCUT2D eigenvalue weighted by Crippen LogP contribution is -2.40. The number of nitrogens with zero attached hydrogens (tertiary/aromatic N) is 2. The minimum absolute atomic E-state index is 0.0453. The molecule has 0 spiro atoms. The van der Waals surface area contributed by atoms with E-state index in [1.54, 1.807) is 6.92 Å². The molecule has 0 saturated carbocycles. The maximum Gasteiger partial charge on any atom is 0.306 e. The number of hydrogen-bond acceptors (Lipinski definition) is 4. The second kappa shape index (κ2) is 11.5. The lowest BCUT2D eigenvalue weighted by atomic mass is 10.2. The van der Waals surface area contributed by atoms with Crippen LogP contribution in [0.25, 0.3) is 0 Å². The van der Waals surface area contributed by atoms with Gasteiger partial charge in [0.1, 0.15) is 0 Å². The summed E-state index contributed by atoms with van der Waals surface area (Å²) in [5.41, 5.74) is 0. The molecule has 0 rings (SSSR count). The Morgan fingerprint density at radius 3 is 2.10 bits per heavy atom. The number of carbonyl (C=O) groups is 2. The SMILES string of the molecule is CCOC(=O)CCC(=O)N(CCN(CC)CC)CC(C)C. The van der Waals surface area contributed by atoms with Crippen LogP contribution < -0.4 is 0 Å². The highest BCUT2D eigenvalue weighted by Gasteiger charge is 2.17. The van der Waals surface area contributed by atoms with Crippen LogP contribution in [0.15, 0.2) is 0 Å². The standard InChI is InChI=1S/C16H32N2O3/c1-6-17(7-2)11-12-18(13-14(4)5)15(19)9-10-16(20)21-8-3/h14H,6-13H2,1-5H3. The van der Waals surface area contributed by atoms with Gasteiger partial charge in [0.25, 0.3) is 0 Å². The first kappa shape index (κ1) is 19.9. The molecule has 0 aliphatic carbocycles. The highest BCUT2D eigenvalue weighted by atomic mass is 16.5. The van der Waals surface area contributed by atoms with Crippen molar-refractivity contribution >= 4 is 11.9 Å². The second-order valence-electron chi connectivity index (χ2n) is 5.57. The van der Waals surface area contributed by atoms with Gasteiger partial charge in [-0.1, -0.05) is 27.7 Å². The third kappa shape index (κ3) is 9.45. The van der Waals surface area contributed by atoms with E-state index in [0.29, 0.717) is 12.5 Å². The first-order valence-electron chi connectivity index (χ1n) is 8.10. The number of rotatable bonds is 11. The maximum absolute atomic E-state index is 12.3. The zero-order chi connectivity index (χ0) is 16.3. The van der Waals surface area contributed by atoms with Crippen LogP contribution in [0.1, 0.15) is 47.5 Å². The van der Waals surface area contributed by atoms with Gasteiger partial charge in [0.15, 0.2) is 0 Å². The van der Waals surface area contributed by atoms with Crippen molar-refractivity contribution in [2.45, 2.75) is 47.5 Å². The summed E-state index contributed by atoms with van der Waals surface area (Å²) in [5.74, 6) is 0.177. The van der Waals surface area contributed by atoms with Crippen LogP contribution in [0.2, 0.25) is 0 Å². The van der Waals surface area contributed by atoms with Crippen LogP contribution >= 0.6 is 0 Å². The van der Waals surface area contributed by atoms with Gasteiger partial charge < -0.3 is 14.5 Å². The molecule has 0 aromatic rings. The number of likely N-dealkylation sites (N-methyl/N-ethyl adjacent to an activating group) is 1. The average Bonchev–Trinajstić information content (AvgIpc) is 2.44. The minimum atomic E-state index is -0.293. The van der Waals surface area contributed by atoms with Crippen molar-refractivity contribution in [3.8, 4) is 0 Å². The van der Waals surface area contributed by atoms with E-state index in [9.17, 15) is 9.59 Å². The Bertz CT molecular complexity index is 302. The average molecular weight is 300 g/mol. The van der Waals surface area contributed by atoms with Gasteiger partial charge in [-0.25, -0.2) is 0 Å². The fraction of sp³-hybridized carbons (Fsp3) is 0.875. The van der Waals surface area contributed by atoms with Crippen LogP contribution in [0, 0.1) is 5.92 Å². The highest BCUT2D eigenvalue weighted by molar-refractivity contribution is 5.81. The Morgan fingerprint density at radius 1 is 1.00 bits per heavy atom. The van der Waals surface area contributed by atoms with Gasteiger partial charge in [-0.05, 0) is 25.9 Å². The van der Waals surface area contributed by atoms with Crippen LogP contribution in [0.3, 0.4) is 0 Å². The monoisotopic (exact) mass is 300 g/mol. The van der Waals surface area contributed by atoms with Gasteiger partial charge >= 0.3 is 5.97 Å². The van der Waals surface area contributed by atoms with E-state index >= 15 is 0 Å². The first-order valence-corrected chi connectivity index (χ1v) is 8.10. The molecule has 0 aromatic carbocycles. The molecule has 0 fully saturated rings. The number of hydrogen-bond donors (Lipinski definition) is 0. The van der Waals surface area contributed by atoms with E-state index in [2.05, 4.69) is 32.6 Å². The van der Waals surface area contributed by atoms with E-state index in [1.807, 2.05) is 4.90 Å². The van der Waals surface area contributed by atoms with Gasteiger partial charge in [-0.3, -0.25) is 9.59 Å². The molecule has 0 aromatic heterocycles. The number of carbonyl (C=O) groups excluding carboxylic acids is 2. The maximum atomic E-state index is 12.3. The van der Waals surface area contributed by atoms with Crippen LogP contribution in [0.5, 0.6) is 0 Å². The van der Waals surface area contributed by atoms with Gasteiger partial charge in [-0.15, -0.1) is 0 Å². The fourth-order valence-corrected chi connectivity index (χ4v) is 2.16. The molecule has 0 aliphatic heterocycles. The van der Waals surface area contributed by atoms with Crippen molar-refractivity contribution in [2.24, 2.45) is 5.92 Å². The number of esters is 1. The minimum Gasteiger partial charge on any atom is -0.466 e. The zero-order valence-electron chi connectivity index (χ0n) is 14.4. The Kier molecular flexibility index (Phi) is 10.9. The molecule has 1 amide bonds. The Balaban J connectivity index is 4.37. The van der Waals surface area contributed by atoms with Crippen molar-refractivity contribution < 1.29 is 14.3 Å². The smallest absolute Gasteiger partial charge is 0.306 e. The van der Waals surface area contributed by atoms with Crippen molar-refractivity contribution in [3.05, 3.63) is 0 Å². The van der Waals surface area contributed by atoms with Gasteiger partial charge in [0.05, 0.1) is 13.0 Å². The lowest BCUT2D eigenvalue weighted by molar-refractivity contribution is -0.145. The topological polar surface area (TPSA) is 49.9 Å². The van der Waals surface area contributed by atoms with E-state index < -0.39 is 0 Å². The van der Waals surface area contributed by atoms with Crippen molar-refractivity contribution in [1.29, 1.82) is 0 Å². The molecular formula is C16H32N2O3. The summed E-state index contributed by atoms with van der Waals surface area (Å²) < 4.78 is 4.87. The molecule has 0 aliphatic rings. The Morgan fingerprint density at radius 2 is 1.62 bits per heavy atom. The largest absolute Gasteiger partial charge is 0.466 e. The molecule has 0 unspecified atom stereocenters. The summed E-state index contributed by atoms with van der Waals surface area (Å²) in [6.45, 7) is 14.9. The van der Waals surface area contributed by atoms with Crippen LogP contribution in [-0.4, -0.2) is 61.0 Å². The molecule has 0 N–H and O–H groups in total. The van der Waals surface area contributed by atoms with Gasteiger partial charge in [0, 0.05) is 26.1 Å². The molecule has 0 bridgehead atoms. The van der Waals surface area contributed by atoms with E-state index in [0.717, 1.165) is 32.7 Å².